The number of rotatable bonds is 4. The van der Waals surface area contributed by atoms with Crippen LogP contribution in [0.5, 0.6) is 5.75 Å². The summed E-state index contributed by atoms with van der Waals surface area (Å²) in [7, 11) is 1.71. The molecule has 0 atom stereocenters. The van der Waals surface area contributed by atoms with Crippen molar-refractivity contribution in [3.63, 3.8) is 0 Å². The van der Waals surface area contributed by atoms with Crippen LogP contribution in [0, 0.1) is 25.2 Å². The molecule has 2 aromatic heterocycles. The van der Waals surface area contributed by atoms with Crippen LogP contribution < -0.4 is 9.64 Å². The van der Waals surface area contributed by atoms with E-state index in [9.17, 15) is 0 Å². The summed E-state index contributed by atoms with van der Waals surface area (Å²) in [6, 6.07) is 5.76. The topological polar surface area (TPSA) is 65.3 Å². The van der Waals surface area contributed by atoms with Gasteiger partial charge in [0.1, 0.15) is 11.6 Å². The molecule has 1 aliphatic heterocycles. The minimum absolute atomic E-state index is 0.652. The molecule has 1 aliphatic rings. The van der Waals surface area contributed by atoms with Crippen molar-refractivity contribution in [1.82, 2.24) is 14.9 Å². The monoisotopic (exact) mass is 337 g/mol. The zero-order chi connectivity index (χ0) is 17.8. The number of methoxy groups -OCH3 is 1. The molecule has 0 spiro atoms. The van der Waals surface area contributed by atoms with Crippen molar-refractivity contribution in [3.05, 3.63) is 46.9 Å². The van der Waals surface area contributed by atoms with Crippen LogP contribution in [-0.2, 0) is 6.54 Å². The molecular weight excluding hydrogens is 314 g/mol. The molecule has 25 heavy (non-hydrogen) atoms. The lowest BCUT2D eigenvalue weighted by Gasteiger charge is -2.35. The van der Waals surface area contributed by atoms with Gasteiger partial charge in [-0.25, -0.2) is 4.98 Å². The Morgan fingerprint density at radius 2 is 1.96 bits per heavy atom. The third-order valence-corrected chi connectivity index (χ3v) is 4.69. The van der Waals surface area contributed by atoms with Gasteiger partial charge >= 0.3 is 0 Å². The average Bonchev–Trinajstić information content (AvgIpc) is 2.65. The normalized spacial score (nSPS) is 15.0. The Morgan fingerprint density at radius 3 is 2.64 bits per heavy atom. The Labute approximate surface area is 148 Å². The van der Waals surface area contributed by atoms with Crippen molar-refractivity contribution >= 4 is 5.82 Å². The summed E-state index contributed by atoms with van der Waals surface area (Å²) >= 11 is 0. The fraction of sp³-hybridized carbons (Fsp3) is 0.421. The summed E-state index contributed by atoms with van der Waals surface area (Å²) in [4.78, 5) is 13.6. The van der Waals surface area contributed by atoms with Crippen molar-refractivity contribution in [2.45, 2.75) is 20.4 Å². The van der Waals surface area contributed by atoms with E-state index in [1.165, 1.54) is 0 Å². The van der Waals surface area contributed by atoms with Gasteiger partial charge in [-0.2, -0.15) is 5.26 Å². The molecule has 0 saturated carbocycles. The van der Waals surface area contributed by atoms with E-state index < -0.39 is 0 Å². The molecule has 6 heteroatoms. The summed E-state index contributed by atoms with van der Waals surface area (Å²) < 4.78 is 5.50. The molecule has 3 rings (SSSR count). The number of nitriles is 1. The first-order valence-corrected chi connectivity index (χ1v) is 8.45. The minimum Gasteiger partial charge on any atom is -0.496 e. The highest BCUT2D eigenvalue weighted by atomic mass is 16.5. The molecule has 1 fully saturated rings. The smallest absolute Gasteiger partial charge is 0.129 e. The lowest BCUT2D eigenvalue weighted by molar-refractivity contribution is 0.245. The number of ether oxygens (including phenoxy) is 1. The first kappa shape index (κ1) is 17.2. The molecule has 0 unspecified atom stereocenters. The molecule has 1 saturated heterocycles. The number of aryl methyl sites for hydroxylation is 1. The third-order valence-electron chi connectivity index (χ3n) is 4.69. The van der Waals surface area contributed by atoms with Gasteiger partial charge in [-0.05, 0) is 26.0 Å². The van der Waals surface area contributed by atoms with Gasteiger partial charge in [-0.3, -0.25) is 9.88 Å². The van der Waals surface area contributed by atoms with Crippen LogP contribution in [0.3, 0.4) is 0 Å². The minimum atomic E-state index is 0.652. The summed E-state index contributed by atoms with van der Waals surface area (Å²) in [5, 5.41) is 9.03. The molecule has 6 nitrogen and oxygen atoms in total. The standard InChI is InChI=1S/C19H23N5O/c1-14-12-22-17(15(2)19(14)25-3)13-23-6-8-24(9-7-23)18-10-16(11-20)4-5-21-18/h4-5,10,12H,6-9,13H2,1-3H3. The molecule has 0 radical (unpaired) electrons. The first-order valence-electron chi connectivity index (χ1n) is 8.45. The van der Waals surface area contributed by atoms with E-state index in [4.69, 9.17) is 10.00 Å². The molecule has 0 amide bonds. The molecule has 130 valence electrons. The number of aromatic nitrogens is 2. The third kappa shape index (κ3) is 3.72. The van der Waals surface area contributed by atoms with Crippen LogP contribution in [-0.4, -0.2) is 48.2 Å². The van der Waals surface area contributed by atoms with Crippen LogP contribution >= 0.6 is 0 Å². The van der Waals surface area contributed by atoms with Gasteiger partial charge < -0.3 is 9.64 Å². The highest BCUT2D eigenvalue weighted by Gasteiger charge is 2.20. The number of anilines is 1. The maximum Gasteiger partial charge on any atom is 0.129 e. The van der Waals surface area contributed by atoms with Crippen molar-refractivity contribution in [1.29, 1.82) is 5.26 Å². The van der Waals surface area contributed by atoms with Crippen molar-refractivity contribution in [2.75, 3.05) is 38.2 Å². The quantitative estimate of drug-likeness (QED) is 0.853. The van der Waals surface area contributed by atoms with Crippen LogP contribution in [0.15, 0.2) is 24.5 Å². The van der Waals surface area contributed by atoms with Gasteiger partial charge in [0, 0.05) is 56.2 Å². The molecule has 3 heterocycles. The van der Waals surface area contributed by atoms with E-state index in [0.29, 0.717) is 5.56 Å². The van der Waals surface area contributed by atoms with Crippen molar-refractivity contribution < 1.29 is 4.74 Å². The zero-order valence-corrected chi connectivity index (χ0v) is 15.0. The fourth-order valence-corrected chi connectivity index (χ4v) is 3.24. The Kier molecular flexibility index (Phi) is 5.15. The molecule has 0 aromatic carbocycles. The van der Waals surface area contributed by atoms with E-state index in [0.717, 1.165) is 61.1 Å². The predicted octanol–water partition coefficient (Wildman–Crippen LogP) is 2.30. The second-order valence-corrected chi connectivity index (χ2v) is 6.32. The Morgan fingerprint density at radius 1 is 1.20 bits per heavy atom. The van der Waals surface area contributed by atoms with Gasteiger partial charge in [-0.1, -0.05) is 0 Å². The first-order chi connectivity index (χ1) is 12.1. The van der Waals surface area contributed by atoms with Gasteiger partial charge in [0.15, 0.2) is 0 Å². The lowest BCUT2D eigenvalue weighted by Crippen LogP contribution is -2.46. The van der Waals surface area contributed by atoms with E-state index in [-0.39, 0.29) is 0 Å². The molecule has 0 N–H and O–H groups in total. The van der Waals surface area contributed by atoms with Gasteiger partial charge in [0.2, 0.25) is 0 Å². The molecule has 0 bridgehead atoms. The van der Waals surface area contributed by atoms with Crippen LogP contribution in [0.25, 0.3) is 0 Å². The van der Waals surface area contributed by atoms with Crippen LogP contribution in [0.2, 0.25) is 0 Å². The van der Waals surface area contributed by atoms with Crippen LogP contribution in [0.1, 0.15) is 22.4 Å². The largest absolute Gasteiger partial charge is 0.496 e. The average molecular weight is 337 g/mol. The van der Waals surface area contributed by atoms with Gasteiger partial charge in [0.05, 0.1) is 24.4 Å². The molecule has 2 aromatic rings. The predicted molar refractivity (Wildman–Crippen MR) is 96.7 cm³/mol. The second-order valence-electron chi connectivity index (χ2n) is 6.32. The van der Waals surface area contributed by atoms with Gasteiger partial charge in [-0.15, -0.1) is 0 Å². The van der Waals surface area contributed by atoms with E-state index in [2.05, 4.69) is 32.8 Å². The summed E-state index contributed by atoms with van der Waals surface area (Å²) in [5.41, 5.74) is 3.91. The number of nitrogens with zero attached hydrogens (tertiary/aromatic N) is 5. The Hall–Kier alpha value is -2.65. The summed E-state index contributed by atoms with van der Waals surface area (Å²) in [6.07, 6.45) is 3.58. The molecular formula is C19H23N5O. The van der Waals surface area contributed by atoms with E-state index in [1.54, 1.807) is 19.4 Å². The second kappa shape index (κ2) is 7.49. The highest BCUT2D eigenvalue weighted by Crippen LogP contribution is 2.25. The fourth-order valence-electron chi connectivity index (χ4n) is 3.24. The van der Waals surface area contributed by atoms with Crippen molar-refractivity contribution in [3.8, 4) is 11.8 Å². The SMILES string of the molecule is COc1c(C)cnc(CN2CCN(c3cc(C#N)ccn3)CC2)c1C. The maximum atomic E-state index is 9.03. The lowest BCUT2D eigenvalue weighted by atomic mass is 10.1. The van der Waals surface area contributed by atoms with Crippen molar-refractivity contribution in [2.24, 2.45) is 0 Å². The zero-order valence-electron chi connectivity index (χ0n) is 15.0. The van der Waals surface area contributed by atoms with Gasteiger partial charge in [0.25, 0.3) is 0 Å². The number of hydrogen-bond donors (Lipinski definition) is 0. The summed E-state index contributed by atoms with van der Waals surface area (Å²) in [5.74, 6) is 1.81. The number of piperazine rings is 1. The number of hydrogen-bond acceptors (Lipinski definition) is 6. The Bertz CT molecular complexity index is 791. The molecule has 0 aliphatic carbocycles. The Balaban J connectivity index is 1.64. The van der Waals surface area contributed by atoms with Crippen LogP contribution in [0.4, 0.5) is 5.82 Å². The summed E-state index contributed by atoms with van der Waals surface area (Å²) in [6.45, 7) is 8.58. The van der Waals surface area contributed by atoms with E-state index >= 15 is 0 Å². The number of pyridine rings is 2. The maximum absolute atomic E-state index is 9.03. The highest BCUT2D eigenvalue weighted by molar-refractivity contribution is 5.45. The van der Waals surface area contributed by atoms with E-state index in [1.807, 2.05) is 19.2 Å².